The molecular weight excluding hydrogens is 602 g/mol. The molecule has 0 aromatic heterocycles. The molecule has 246 valence electrons. The summed E-state index contributed by atoms with van der Waals surface area (Å²) in [6.45, 7) is 5.65. The monoisotopic (exact) mass is 647 g/mol. The van der Waals surface area contributed by atoms with Gasteiger partial charge in [-0.2, -0.15) is 0 Å². The second kappa shape index (κ2) is 19.3. The van der Waals surface area contributed by atoms with Crippen molar-refractivity contribution >= 4 is 35.0 Å². The van der Waals surface area contributed by atoms with E-state index in [0.717, 1.165) is 28.5 Å². The Hall–Kier alpha value is -4.31. The first-order chi connectivity index (χ1) is 22.1. The molecule has 46 heavy (non-hydrogen) atoms. The molecule has 3 amide bonds. The lowest BCUT2D eigenvalue weighted by molar-refractivity contribution is -0.126. The molecule has 9 nitrogen and oxygen atoms in total. The van der Waals surface area contributed by atoms with E-state index in [4.69, 9.17) is 9.47 Å². The van der Waals surface area contributed by atoms with Gasteiger partial charge >= 0.3 is 12.2 Å². The van der Waals surface area contributed by atoms with Crippen LogP contribution in [0.4, 0.5) is 9.59 Å². The molecule has 0 heterocycles. The fraction of sp³-hybridized carbons (Fsp3) is 0.389. The number of alkyl carbamates (subject to hydrolysis) is 2. The van der Waals surface area contributed by atoms with Gasteiger partial charge in [0.05, 0.1) is 6.04 Å². The minimum absolute atomic E-state index is 0.150. The highest BCUT2D eigenvalue weighted by molar-refractivity contribution is 8.13. The van der Waals surface area contributed by atoms with Crippen LogP contribution in [0.1, 0.15) is 56.7 Å². The van der Waals surface area contributed by atoms with Gasteiger partial charge in [-0.1, -0.05) is 103 Å². The molecule has 0 fully saturated rings. The molecule has 0 unspecified atom stereocenters. The second-order valence-corrected chi connectivity index (χ2v) is 12.9. The van der Waals surface area contributed by atoms with E-state index in [-0.39, 0.29) is 18.3 Å². The zero-order valence-electron chi connectivity index (χ0n) is 26.8. The van der Waals surface area contributed by atoms with E-state index >= 15 is 0 Å². The maximum absolute atomic E-state index is 13.6. The number of benzene rings is 3. The molecule has 3 rings (SSSR count). The number of carbonyl (C=O) groups is 4. The fourth-order valence-corrected chi connectivity index (χ4v) is 5.40. The summed E-state index contributed by atoms with van der Waals surface area (Å²) in [5.41, 5.74) is 2.26. The van der Waals surface area contributed by atoms with Gasteiger partial charge in [-0.05, 0) is 69.6 Å². The zero-order valence-corrected chi connectivity index (χ0v) is 27.6. The van der Waals surface area contributed by atoms with Crippen LogP contribution in [-0.4, -0.2) is 53.2 Å². The van der Waals surface area contributed by atoms with Gasteiger partial charge in [0, 0.05) is 12.3 Å². The first-order valence-corrected chi connectivity index (χ1v) is 16.6. The second-order valence-electron chi connectivity index (χ2n) is 11.8. The average molecular weight is 648 g/mol. The predicted molar refractivity (Wildman–Crippen MR) is 181 cm³/mol. The van der Waals surface area contributed by atoms with E-state index in [2.05, 4.69) is 16.0 Å². The van der Waals surface area contributed by atoms with Crippen LogP contribution in [0, 0.1) is 0 Å². The largest absolute Gasteiger partial charge is 0.445 e. The van der Waals surface area contributed by atoms with Crippen LogP contribution >= 0.6 is 11.8 Å². The van der Waals surface area contributed by atoms with Crippen molar-refractivity contribution in [1.29, 1.82) is 0 Å². The van der Waals surface area contributed by atoms with Gasteiger partial charge in [0.25, 0.3) is 0 Å². The van der Waals surface area contributed by atoms with Crippen LogP contribution in [-0.2, 0) is 38.5 Å². The number of thioether (sulfide) groups is 1. The summed E-state index contributed by atoms with van der Waals surface area (Å²) in [4.78, 5) is 51.9. The van der Waals surface area contributed by atoms with Crippen LogP contribution < -0.4 is 16.0 Å². The molecule has 0 radical (unpaired) electrons. The van der Waals surface area contributed by atoms with Crippen LogP contribution in [0.5, 0.6) is 0 Å². The number of hydrogen-bond donors (Lipinski definition) is 3. The number of hydrogen-bond acceptors (Lipinski definition) is 7. The number of nitrogens with one attached hydrogen (secondary N) is 3. The van der Waals surface area contributed by atoms with Crippen molar-refractivity contribution < 1.29 is 28.7 Å². The van der Waals surface area contributed by atoms with Crippen molar-refractivity contribution in [1.82, 2.24) is 16.0 Å². The zero-order chi connectivity index (χ0) is 33.2. The van der Waals surface area contributed by atoms with Gasteiger partial charge in [-0.25, -0.2) is 9.59 Å². The lowest BCUT2D eigenvalue weighted by Gasteiger charge is -2.25. The van der Waals surface area contributed by atoms with Crippen LogP contribution in [0.25, 0.3) is 0 Å². The van der Waals surface area contributed by atoms with Gasteiger partial charge in [-0.15, -0.1) is 0 Å². The molecule has 3 aromatic rings. The van der Waals surface area contributed by atoms with Crippen molar-refractivity contribution in [2.75, 3.05) is 12.3 Å². The maximum Gasteiger partial charge on any atom is 0.408 e. The molecule has 10 heteroatoms. The molecule has 0 bridgehead atoms. The van der Waals surface area contributed by atoms with Crippen molar-refractivity contribution in [3.63, 3.8) is 0 Å². The minimum Gasteiger partial charge on any atom is -0.445 e. The van der Waals surface area contributed by atoms with E-state index in [1.165, 1.54) is 0 Å². The molecule has 0 aliphatic rings. The summed E-state index contributed by atoms with van der Waals surface area (Å²) in [6, 6.07) is 27.1. The fourth-order valence-electron chi connectivity index (χ4n) is 4.48. The van der Waals surface area contributed by atoms with Gasteiger partial charge in [0.2, 0.25) is 11.0 Å². The molecule has 0 saturated carbocycles. The van der Waals surface area contributed by atoms with Crippen LogP contribution in [0.2, 0.25) is 0 Å². The Morgan fingerprint density at radius 3 is 1.85 bits per heavy atom. The Morgan fingerprint density at radius 1 is 0.696 bits per heavy atom. The third-order valence-electron chi connectivity index (χ3n) is 6.80. The number of ether oxygens (including phenoxy) is 2. The number of amides is 3. The third kappa shape index (κ3) is 14.6. The molecule has 0 spiro atoms. The number of carbonyl (C=O) groups excluding carboxylic acids is 4. The Kier molecular flexibility index (Phi) is 15.1. The standard InChI is InChI=1S/C36H45N3O6S/c1-36(2,3)45-35(43)39-30(22-21-27-14-7-4-8-15-27)32(40)38-31(33(41)46-25-23-28-16-9-5-10-17-28)20-13-24-37-34(42)44-26-29-18-11-6-12-19-29/h4-12,14-19,30-31H,13,20-26H2,1-3H3,(H,37,42)(H,38,40)(H,39,43)/t30-,31-/m0/s1. The van der Waals surface area contributed by atoms with E-state index in [1.54, 1.807) is 20.8 Å². The van der Waals surface area contributed by atoms with Crippen molar-refractivity contribution in [3.8, 4) is 0 Å². The van der Waals surface area contributed by atoms with E-state index in [9.17, 15) is 19.2 Å². The highest BCUT2D eigenvalue weighted by Crippen LogP contribution is 2.15. The summed E-state index contributed by atoms with van der Waals surface area (Å²) in [5.74, 6) is 0.0754. The van der Waals surface area contributed by atoms with Crippen LogP contribution in [0.15, 0.2) is 91.0 Å². The summed E-state index contributed by atoms with van der Waals surface area (Å²) in [7, 11) is 0. The normalized spacial score (nSPS) is 12.3. The molecule has 0 aliphatic heterocycles. The molecule has 2 atom stereocenters. The predicted octanol–water partition coefficient (Wildman–Crippen LogP) is 6.21. The Labute approximate surface area is 276 Å². The van der Waals surface area contributed by atoms with Crippen molar-refractivity contribution in [3.05, 3.63) is 108 Å². The molecule has 0 aliphatic carbocycles. The van der Waals surface area contributed by atoms with Crippen molar-refractivity contribution in [2.24, 2.45) is 0 Å². The quantitative estimate of drug-likeness (QED) is 0.158. The lowest BCUT2D eigenvalue weighted by Crippen LogP contribution is -2.52. The van der Waals surface area contributed by atoms with Crippen molar-refractivity contribution in [2.45, 2.75) is 77.2 Å². The highest BCUT2D eigenvalue weighted by atomic mass is 32.2. The summed E-state index contributed by atoms with van der Waals surface area (Å²) in [6.07, 6.45) is 0.992. The van der Waals surface area contributed by atoms with Gasteiger partial charge < -0.3 is 25.4 Å². The summed E-state index contributed by atoms with van der Waals surface area (Å²) in [5, 5.41) is 8.10. The van der Waals surface area contributed by atoms with Gasteiger partial charge in [0.15, 0.2) is 0 Å². The Morgan fingerprint density at radius 2 is 1.26 bits per heavy atom. The third-order valence-corrected chi connectivity index (χ3v) is 7.78. The number of rotatable bonds is 16. The van der Waals surface area contributed by atoms with Crippen LogP contribution in [0.3, 0.4) is 0 Å². The molecular formula is C36H45N3O6S. The van der Waals surface area contributed by atoms with E-state index in [1.807, 2.05) is 91.0 Å². The topological polar surface area (TPSA) is 123 Å². The SMILES string of the molecule is CC(C)(C)OC(=O)N[C@@H](CCc1ccccc1)C(=O)N[C@@H](CCCNC(=O)OCc1ccccc1)C(=O)SCCc1ccccc1. The van der Waals surface area contributed by atoms with Gasteiger partial charge in [0.1, 0.15) is 18.2 Å². The average Bonchev–Trinajstić information content (AvgIpc) is 3.04. The van der Waals surface area contributed by atoms with Gasteiger partial charge in [-0.3, -0.25) is 9.59 Å². The van der Waals surface area contributed by atoms with E-state index < -0.39 is 35.8 Å². The lowest BCUT2D eigenvalue weighted by atomic mass is 10.0. The highest BCUT2D eigenvalue weighted by Gasteiger charge is 2.28. The first-order valence-electron chi connectivity index (χ1n) is 15.6. The minimum atomic E-state index is -0.925. The smallest absolute Gasteiger partial charge is 0.408 e. The first kappa shape index (κ1) is 36.2. The Bertz CT molecular complexity index is 1370. The molecule has 3 N–H and O–H groups in total. The Balaban J connectivity index is 1.62. The maximum atomic E-state index is 13.6. The molecule has 0 saturated heterocycles. The number of aryl methyl sites for hydroxylation is 2. The molecule has 3 aromatic carbocycles. The summed E-state index contributed by atoms with van der Waals surface area (Å²) >= 11 is 1.16. The van der Waals surface area contributed by atoms with E-state index in [0.29, 0.717) is 37.9 Å². The summed E-state index contributed by atoms with van der Waals surface area (Å²) < 4.78 is 10.7.